The molecule has 0 aromatic carbocycles. The normalized spacial score (nSPS) is 20.9. The maximum atomic E-state index is 5.56. The molecule has 0 aliphatic carbocycles. The quantitative estimate of drug-likeness (QED) is 0.803. The molecule has 84 valence electrons. The topological polar surface area (TPSA) is 34.4 Å². The molecular weight excluding hydrogens is 190 g/mol. The highest BCUT2D eigenvalue weighted by molar-refractivity contribution is 5.20. The van der Waals surface area contributed by atoms with Crippen LogP contribution in [0.3, 0.4) is 0 Å². The van der Waals surface area contributed by atoms with Crippen molar-refractivity contribution >= 4 is 0 Å². The minimum Gasteiger partial charge on any atom is -0.469 e. The summed E-state index contributed by atoms with van der Waals surface area (Å²) in [5, 5.41) is 3.26. The first kappa shape index (κ1) is 10.7. The van der Waals surface area contributed by atoms with Gasteiger partial charge in [-0.3, -0.25) is 0 Å². The first-order valence-corrected chi connectivity index (χ1v) is 5.60. The lowest BCUT2D eigenvalue weighted by atomic mass is 9.70. The molecule has 1 aromatic rings. The van der Waals surface area contributed by atoms with E-state index in [0.29, 0.717) is 5.92 Å². The lowest BCUT2D eigenvalue weighted by molar-refractivity contribution is -0.101. The fourth-order valence-corrected chi connectivity index (χ4v) is 2.44. The van der Waals surface area contributed by atoms with Crippen molar-refractivity contribution in [3.05, 3.63) is 24.2 Å². The van der Waals surface area contributed by atoms with Crippen LogP contribution in [0.2, 0.25) is 0 Å². The highest BCUT2D eigenvalue weighted by Crippen LogP contribution is 2.41. The lowest BCUT2D eigenvalue weighted by Gasteiger charge is -2.45. The van der Waals surface area contributed by atoms with Crippen LogP contribution in [-0.4, -0.2) is 26.8 Å². The molecule has 0 radical (unpaired) electrons. The van der Waals surface area contributed by atoms with Gasteiger partial charge in [0.05, 0.1) is 24.9 Å². The predicted octanol–water partition coefficient (Wildman–Crippen LogP) is 1.79. The van der Waals surface area contributed by atoms with Crippen molar-refractivity contribution in [1.82, 2.24) is 5.32 Å². The molecule has 0 bridgehead atoms. The van der Waals surface area contributed by atoms with E-state index in [-0.39, 0.29) is 5.41 Å². The van der Waals surface area contributed by atoms with E-state index in [0.717, 1.165) is 31.9 Å². The molecule has 1 aliphatic heterocycles. The maximum absolute atomic E-state index is 5.56. The van der Waals surface area contributed by atoms with Crippen molar-refractivity contribution in [3.63, 3.8) is 0 Å². The Balaban J connectivity index is 2.20. The Kier molecular flexibility index (Phi) is 3.12. The van der Waals surface area contributed by atoms with Gasteiger partial charge in [-0.2, -0.15) is 0 Å². The van der Waals surface area contributed by atoms with Gasteiger partial charge in [0.15, 0.2) is 0 Å². The molecule has 0 saturated carbocycles. The van der Waals surface area contributed by atoms with E-state index in [1.165, 1.54) is 0 Å². The zero-order valence-electron chi connectivity index (χ0n) is 9.45. The largest absolute Gasteiger partial charge is 0.469 e. The summed E-state index contributed by atoms with van der Waals surface area (Å²) in [5.41, 5.74) is 0.112. The van der Waals surface area contributed by atoms with E-state index < -0.39 is 0 Å². The third kappa shape index (κ3) is 1.70. The molecule has 1 atom stereocenters. The molecule has 2 heterocycles. The van der Waals surface area contributed by atoms with E-state index in [1.54, 1.807) is 6.26 Å². The van der Waals surface area contributed by atoms with Gasteiger partial charge < -0.3 is 14.5 Å². The highest BCUT2D eigenvalue weighted by Gasteiger charge is 2.48. The van der Waals surface area contributed by atoms with Crippen molar-refractivity contribution < 1.29 is 9.15 Å². The molecule has 3 nitrogen and oxygen atoms in total. The fraction of sp³-hybridized carbons (Fsp3) is 0.667. The second-order valence-corrected chi connectivity index (χ2v) is 4.29. The van der Waals surface area contributed by atoms with Gasteiger partial charge in [-0.15, -0.1) is 0 Å². The number of hydrogen-bond donors (Lipinski definition) is 1. The van der Waals surface area contributed by atoms with Gasteiger partial charge in [0.1, 0.15) is 5.76 Å². The van der Waals surface area contributed by atoms with Crippen molar-refractivity contribution in [3.8, 4) is 0 Å². The van der Waals surface area contributed by atoms with Crippen molar-refractivity contribution in [1.29, 1.82) is 0 Å². The zero-order valence-corrected chi connectivity index (χ0v) is 9.45. The Morgan fingerprint density at radius 1 is 1.53 bits per heavy atom. The Hall–Kier alpha value is -0.800. The Labute approximate surface area is 90.8 Å². The Morgan fingerprint density at radius 3 is 2.73 bits per heavy atom. The summed E-state index contributed by atoms with van der Waals surface area (Å²) in [5.74, 6) is 1.67. The summed E-state index contributed by atoms with van der Waals surface area (Å²) in [6, 6.07) is 4.03. The van der Waals surface area contributed by atoms with Gasteiger partial charge in [-0.05, 0) is 31.6 Å². The summed E-state index contributed by atoms with van der Waals surface area (Å²) in [7, 11) is 2.00. The second kappa shape index (κ2) is 4.37. The molecule has 2 rings (SSSR count). The predicted molar refractivity (Wildman–Crippen MR) is 58.9 cm³/mol. The first-order valence-electron chi connectivity index (χ1n) is 5.60. The molecule has 15 heavy (non-hydrogen) atoms. The van der Waals surface area contributed by atoms with E-state index in [2.05, 4.69) is 18.3 Å². The van der Waals surface area contributed by atoms with Crippen LogP contribution in [0.25, 0.3) is 0 Å². The number of nitrogens with one attached hydrogen (secondary N) is 1. The molecule has 1 unspecified atom stereocenters. The van der Waals surface area contributed by atoms with Gasteiger partial charge in [0.2, 0.25) is 0 Å². The van der Waals surface area contributed by atoms with Crippen LogP contribution in [0, 0.1) is 5.92 Å². The summed E-state index contributed by atoms with van der Waals surface area (Å²) in [6.07, 6.45) is 2.90. The highest BCUT2D eigenvalue weighted by atomic mass is 16.5. The molecule has 3 heteroatoms. The van der Waals surface area contributed by atoms with Crippen LogP contribution in [-0.2, 0) is 10.2 Å². The molecular formula is C12H19NO2. The number of rotatable bonds is 5. The van der Waals surface area contributed by atoms with Crippen LogP contribution in [0.1, 0.15) is 19.1 Å². The van der Waals surface area contributed by atoms with E-state index in [9.17, 15) is 0 Å². The van der Waals surface area contributed by atoms with Crippen molar-refractivity contribution in [2.75, 3.05) is 26.8 Å². The summed E-state index contributed by atoms with van der Waals surface area (Å²) in [6.45, 7) is 4.83. The third-order valence-corrected chi connectivity index (χ3v) is 3.46. The average Bonchev–Trinajstić information content (AvgIpc) is 2.68. The van der Waals surface area contributed by atoms with Gasteiger partial charge in [0.25, 0.3) is 0 Å². The molecule has 0 amide bonds. The van der Waals surface area contributed by atoms with Gasteiger partial charge in [0, 0.05) is 0 Å². The number of ether oxygens (including phenoxy) is 1. The minimum atomic E-state index is 0.112. The van der Waals surface area contributed by atoms with Crippen molar-refractivity contribution in [2.45, 2.75) is 18.8 Å². The molecule has 0 spiro atoms. The van der Waals surface area contributed by atoms with Gasteiger partial charge in [-0.1, -0.05) is 13.3 Å². The number of furan rings is 1. The Bertz CT molecular complexity index is 291. The molecule has 1 aromatic heterocycles. The van der Waals surface area contributed by atoms with Gasteiger partial charge >= 0.3 is 0 Å². The smallest absolute Gasteiger partial charge is 0.114 e. The van der Waals surface area contributed by atoms with Crippen LogP contribution in [0.4, 0.5) is 0 Å². The molecule has 1 N–H and O–H groups in total. The standard InChI is InChI=1S/C12H19NO2/c1-3-10(7-13-2)12(8-14-9-12)11-5-4-6-15-11/h4-6,10,13H,3,7-9H2,1-2H3. The van der Waals surface area contributed by atoms with E-state index >= 15 is 0 Å². The van der Waals surface area contributed by atoms with Crippen LogP contribution >= 0.6 is 0 Å². The SMILES string of the molecule is CCC(CNC)C1(c2ccco2)COC1. The minimum absolute atomic E-state index is 0.112. The molecule has 1 fully saturated rings. The van der Waals surface area contributed by atoms with E-state index in [1.807, 2.05) is 13.1 Å². The van der Waals surface area contributed by atoms with Crippen LogP contribution in [0.15, 0.2) is 22.8 Å². The van der Waals surface area contributed by atoms with Crippen molar-refractivity contribution in [2.24, 2.45) is 5.92 Å². The van der Waals surface area contributed by atoms with E-state index in [4.69, 9.17) is 9.15 Å². The third-order valence-electron chi connectivity index (χ3n) is 3.46. The zero-order chi connectivity index (χ0) is 10.7. The molecule has 1 saturated heterocycles. The summed E-state index contributed by atoms with van der Waals surface area (Å²) in [4.78, 5) is 0. The Morgan fingerprint density at radius 2 is 2.33 bits per heavy atom. The summed E-state index contributed by atoms with van der Waals surface area (Å²) < 4.78 is 11.0. The van der Waals surface area contributed by atoms with Gasteiger partial charge in [-0.25, -0.2) is 0 Å². The molecule has 1 aliphatic rings. The summed E-state index contributed by atoms with van der Waals surface area (Å²) >= 11 is 0. The first-order chi connectivity index (χ1) is 7.33. The van der Waals surface area contributed by atoms with Crippen LogP contribution < -0.4 is 5.32 Å². The number of hydrogen-bond acceptors (Lipinski definition) is 3. The maximum Gasteiger partial charge on any atom is 0.114 e. The fourth-order valence-electron chi connectivity index (χ4n) is 2.44. The second-order valence-electron chi connectivity index (χ2n) is 4.29. The monoisotopic (exact) mass is 209 g/mol. The lowest BCUT2D eigenvalue weighted by Crippen LogP contribution is -2.54. The van der Waals surface area contributed by atoms with Crippen LogP contribution in [0.5, 0.6) is 0 Å². The average molecular weight is 209 g/mol.